The summed E-state index contributed by atoms with van der Waals surface area (Å²) >= 11 is 0. The molecular formula is C20H20N6O. The maximum Gasteiger partial charge on any atom is 0.225 e. The largest absolute Gasteiger partial charge is 0.497 e. The third kappa shape index (κ3) is 3.72. The molecule has 7 heteroatoms. The second-order valence-electron chi connectivity index (χ2n) is 6.22. The second-order valence-corrected chi connectivity index (χ2v) is 6.22. The van der Waals surface area contributed by atoms with Crippen molar-refractivity contribution < 1.29 is 4.74 Å². The van der Waals surface area contributed by atoms with E-state index in [1.54, 1.807) is 25.7 Å². The first-order chi connectivity index (χ1) is 13.2. The topological polar surface area (TPSA) is 79.8 Å². The van der Waals surface area contributed by atoms with Gasteiger partial charge in [-0.25, -0.2) is 15.0 Å². The molecule has 4 rings (SSSR count). The normalized spacial score (nSPS) is 10.9. The van der Waals surface area contributed by atoms with E-state index in [4.69, 9.17) is 4.74 Å². The van der Waals surface area contributed by atoms with Gasteiger partial charge in [0.05, 0.1) is 23.8 Å². The first kappa shape index (κ1) is 17.0. The third-order valence-electron chi connectivity index (χ3n) is 4.36. The summed E-state index contributed by atoms with van der Waals surface area (Å²) in [4.78, 5) is 23.2. The summed E-state index contributed by atoms with van der Waals surface area (Å²) in [5, 5.41) is 0. The second kappa shape index (κ2) is 7.41. The van der Waals surface area contributed by atoms with E-state index in [1.165, 1.54) is 0 Å². The van der Waals surface area contributed by atoms with Gasteiger partial charge >= 0.3 is 0 Å². The molecule has 4 aromatic rings. The van der Waals surface area contributed by atoms with E-state index in [1.807, 2.05) is 48.3 Å². The van der Waals surface area contributed by atoms with Crippen molar-refractivity contribution in [1.82, 2.24) is 24.9 Å². The fourth-order valence-electron chi connectivity index (χ4n) is 2.87. The van der Waals surface area contributed by atoms with Crippen LogP contribution in [0.3, 0.4) is 0 Å². The smallest absolute Gasteiger partial charge is 0.225 e. The summed E-state index contributed by atoms with van der Waals surface area (Å²) in [6.07, 6.45) is 6.08. The van der Waals surface area contributed by atoms with Gasteiger partial charge in [0.2, 0.25) is 5.95 Å². The van der Waals surface area contributed by atoms with Crippen LogP contribution in [0.25, 0.3) is 22.3 Å². The number of aromatic amines is 1. The molecule has 0 aliphatic rings. The van der Waals surface area contributed by atoms with Crippen molar-refractivity contribution in [2.75, 3.05) is 25.6 Å². The van der Waals surface area contributed by atoms with Gasteiger partial charge in [0.25, 0.3) is 0 Å². The molecule has 0 unspecified atom stereocenters. The number of anilines is 1. The van der Waals surface area contributed by atoms with Crippen LogP contribution < -0.4 is 9.64 Å². The van der Waals surface area contributed by atoms with E-state index >= 15 is 0 Å². The quantitative estimate of drug-likeness (QED) is 0.569. The fraction of sp³-hybridized carbons (Fsp3) is 0.200. The predicted molar refractivity (Wildman–Crippen MR) is 105 cm³/mol. The van der Waals surface area contributed by atoms with Crippen molar-refractivity contribution in [2.24, 2.45) is 0 Å². The van der Waals surface area contributed by atoms with Crippen LogP contribution >= 0.6 is 0 Å². The highest BCUT2D eigenvalue weighted by Gasteiger charge is 2.09. The highest BCUT2D eigenvalue weighted by Crippen LogP contribution is 2.20. The average Bonchev–Trinajstić information content (AvgIpc) is 3.14. The van der Waals surface area contributed by atoms with Crippen molar-refractivity contribution in [3.05, 3.63) is 60.8 Å². The zero-order chi connectivity index (χ0) is 18.6. The van der Waals surface area contributed by atoms with E-state index in [2.05, 4.69) is 24.9 Å². The summed E-state index contributed by atoms with van der Waals surface area (Å²) < 4.78 is 5.26. The minimum absolute atomic E-state index is 0.675. The molecule has 0 aliphatic heterocycles. The van der Waals surface area contributed by atoms with E-state index in [9.17, 15) is 0 Å². The van der Waals surface area contributed by atoms with Gasteiger partial charge in [-0.1, -0.05) is 0 Å². The van der Waals surface area contributed by atoms with Crippen molar-refractivity contribution in [2.45, 2.75) is 6.42 Å². The zero-order valence-corrected chi connectivity index (χ0v) is 15.3. The van der Waals surface area contributed by atoms with Crippen molar-refractivity contribution in [1.29, 1.82) is 0 Å². The summed E-state index contributed by atoms with van der Waals surface area (Å²) in [5.41, 5.74) is 3.74. The number of ether oxygens (including phenoxy) is 1. The van der Waals surface area contributed by atoms with Crippen LogP contribution in [0.5, 0.6) is 5.75 Å². The Labute approximate surface area is 157 Å². The molecule has 0 radical (unpaired) electrons. The van der Waals surface area contributed by atoms with E-state index < -0.39 is 0 Å². The number of aromatic nitrogens is 5. The molecule has 3 aromatic heterocycles. The van der Waals surface area contributed by atoms with Crippen LogP contribution in [0.15, 0.2) is 55.0 Å². The Morgan fingerprint density at radius 1 is 1.11 bits per heavy atom. The number of methoxy groups -OCH3 is 1. The third-order valence-corrected chi connectivity index (χ3v) is 4.36. The molecule has 3 heterocycles. The van der Waals surface area contributed by atoms with Crippen molar-refractivity contribution in [3.63, 3.8) is 0 Å². The van der Waals surface area contributed by atoms with Gasteiger partial charge < -0.3 is 14.6 Å². The van der Waals surface area contributed by atoms with Crippen LogP contribution in [0, 0.1) is 0 Å². The molecular weight excluding hydrogens is 340 g/mol. The summed E-state index contributed by atoms with van der Waals surface area (Å²) in [5.74, 6) is 2.41. The number of fused-ring (bicyclic) bond motifs is 1. The molecule has 1 N–H and O–H groups in total. The lowest BCUT2D eigenvalue weighted by Gasteiger charge is -2.16. The molecule has 0 aliphatic carbocycles. The molecule has 7 nitrogen and oxygen atoms in total. The Bertz CT molecular complexity index is 1050. The molecule has 0 atom stereocenters. The van der Waals surface area contributed by atoms with E-state index in [0.29, 0.717) is 5.95 Å². The number of imidazole rings is 1. The van der Waals surface area contributed by atoms with Gasteiger partial charge in [0, 0.05) is 50.2 Å². The Balaban J connectivity index is 1.47. The number of H-pyrrole nitrogens is 1. The monoisotopic (exact) mass is 360 g/mol. The number of likely N-dealkylation sites (N-methyl/N-ethyl adjacent to an activating group) is 1. The predicted octanol–water partition coefficient (Wildman–Crippen LogP) is 3.10. The molecule has 0 fully saturated rings. The Hall–Kier alpha value is -3.48. The zero-order valence-electron chi connectivity index (χ0n) is 15.3. The highest BCUT2D eigenvalue weighted by molar-refractivity contribution is 5.76. The van der Waals surface area contributed by atoms with Crippen LogP contribution in [-0.4, -0.2) is 45.6 Å². The first-order valence-corrected chi connectivity index (χ1v) is 8.70. The lowest BCUT2D eigenvalue weighted by Crippen LogP contribution is -2.23. The summed E-state index contributed by atoms with van der Waals surface area (Å²) in [6.45, 7) is 0.744. The maximum absolute atomic E-state index is 5.26. The van der Waals surface area contributed by atoms with Gasteiger partial charge in [-0.3, -0.25) is 4.98 Å². The van der Waals surface area contributed by atoms with Crippen LogP contribution in [-0.2, 0) is 6.42 Å². The highest BCUT2D eigenvalue weighted by atomic mass is 16.5. The molecule has 0 spiro atoms. The number of rotatable bonds is 6. The molecule has 136 valence electrons. The average molecular weight is 360 g/mol. The minimum Gasteiger partial charge on any atom is -0.497 e. The Morgan fingerprint density at radius 3 is 2.85 bits per heavy atom. The molecule has 0 bridgehead atoms. The SMILES string of the molecule is COc1ccc2nc(CCN(C)c3nccc(-c4cccnc4)n3)[nH]c2c1. The van der Waals surface area contributed by atoms with E-state index in [0.717, 1.165) is 46.8 Å². The Morgan fingerprint density at radius 2 is 2.04 bits per heavy atom. The van der Waals surface area contributed by atoms with Crippen molar-refractivity contribution in [3.8, 4) is 17.0 Å². The van der Waals surface area contributed by atoms with Crippen LogP contribution in [0.2, 0.25) is 0 Å². The summed E-state index contributed by atoms with van der Waals surface area (Å²) in [6, 6.07) is 11.6. The number of hydrogen-bond acceptors (Lipinski definition) is 6. The summed E-state index contributed by atoms with van der Waals surface area (Å²) in [7, 11) is 3.64. The molecule has 27 heavy (non-hydrogen) atoms. The number of pyridine rings is 1. The molecule has 0 saturated heterocycles. The van der Waals surface area contributed by atoms with Crippen LogP contribution in [0.1, 0.15) is 5.82 Å². The minimum atomic E-state index is 0.675. The fourth-order valence-corrected chi connectivity index (χ4v) is 2.87. The molecule has 0 amide bonds. The van der Waals surface area contributed by atoms with Gasteiger partial charge in [0.15, 0.2) is 0 Å². The van der Waals surface area contributed by atoms with Gasteiger partial charge in [-0.2, -0.15) is 0 Å². The van der Waals surface area contributed by atoms with Crippen LogP contribution in [0.4, 0.5) is 5.95 Å². The number of nitrogens with zero attached hydrogens (tertiary/aromatic N) is 5. The lowest BCUT2D eigenvalue weighted by atomic mass is 10.2. The first-order valence-electron chi connectivity index (χ1n) is 8.70. The number of hydrogen-bond donors (Lipinski definition) is 1. The van der Waals surface area contributed by atoms with Gasteiger partial charge in [-0.15, -0.1) is 0 Å². The molecule has 1 aromatic carbocycles. The lowest BCUT2D eigenvalue weighted by molar-refractivity contribution is 0.415. The van der Waals surface area contributed by atoms with Crippen molar-refractivity contribution >= 4 is 17.0 Å². The Kier molecular flexibility index (Phi) is 4.65. The molecule has 0 saturated carbocycles. The maximum atomic E-state index is 5.26. The van der Waals surface area contributed by atoms with Gasteiger partial charge in [0.1, 0.15) is 11.6 Å². The number of benzene rings is 1. The standard InChI is InChI=1S/C20H20N6O/c1-26(20-22-10-7-16(25-20)14-4-3-9-21-13-14)11-8-19-23-17-6-5-15(27-2)12-18(17)24-19/h3-7,9-10,12-13H,8,11H2,1-2H3,(H,23,24). The van der Waals surface area contributed by atoms with E-state index in [-0.39, 0.29) is 0 Å². The van der Waals surface area contributed by atoms with Gasteiger partial charge in [-0.05, 0) is 30.3 Å². The number of nitrogens with one attached hydrogen (secondary N) is 1.